The van der Waals surface area contributed by atoms with Crippen LogP contribution in [-0.2, 0) is 20.9 Å². The van der Waals surface area contributed by atoms with Crippen LogP contribution in [0, 0.1) is 0 Å². The molecule has 0 aliphatic carbocycles. The molecule has 1 aliphatic rings. The Morgan fingerprint density at radius 1 is 1.03 bits per heavy atom. The summed E-state index contributed by atoms with van der Waals surface area (Å²) in [6.07, 6.45) is 4.14. The molecule has 1 saturated heterocycles. The zero-order valence-electron chi connectivity index (χ0n) is 19.2. The second-order valence-electron chi connectivity index (χ2n) is 8.38. The summed E-state index contributed by atoms with van der Waals surface area (Å²) in [5.41, 5.74) is 2.88. The van der Waals surface area contributed by atoms with Gasteiger partial charge in [-0.15, -0.1) is 0 Å². The van der Waals surface area contributed by atoms with E-state index in [9.17, 15) is 9.59 Å². The first-order valence-corrected chi connectivity index (χ1v) is 11.7. The average molecular weight is 438 g/mol. The highest BCUT2D eigenvalue weighted by Gasteiger charge is 2.24. The monoisotopic (exact) mass is 437 g/mol. The predicted octanol–water partition coefficient (Wildman–Crippen LogP) is 4.51. The third-order valence-electron chi connectivity index (χ3n) is 5.78. The van der Waals surface area contributed by atoms with Crippen molar-refractivity contribution in [1.82, 2.24) is 5.32 Å². The lowest BCUT2D eigenvalue weighted by Crippen LogP contribution is -2.47. The summed E-state index contributed by atoms with van der Waals surface area (Å²) in [7, 11) is 0. The molecule has 1 fully saturated rings. The number of ether oxygens (including phenoxy) is 1. The molecule has 6 heteroatoms. The predicted molar refractivity (Wildman–Crippen MR) is 129 cm³/mol. The van der Waals surface area contributed by atoms with Gasteiger partial charge in [0.1, 0.15) is 12.1 Å². The molecule has 2 aromatic carbocycles. The van der Waals surface area contributed by atoms with Gasteiger partial charge in [-0.25, -0.2) is 0 Å². The molecule has 2 unspecified atom stereocenters. The van der Waals surface area contributed by atoms with Crippen LogP contribution in [0.1, 0.15) is 51.5 Å². The van der Waals surface area contributed by atoms with Gasteiger partial charge in [0.2, 0.25) is 11.8 Å². The Balaban J connectivity index is 1.57. The Bertz CT molecular complexity index is 866. The van der Waals surface area contributed by atoms with E-state index in [2.05, 4.69) is 28.5 Å². The molecular weight excluding hydrogens is 402 g/mol. The number of nitrogens with zero attached hydrogens (tertiary/aromatic N) is 1. The lowest BCUT2D eigenvalue weighted by atomic mass is 10.1. The van der Waals surface area contributed by atoms with E-state index < -0.39 is 12.1 Å². The van der Waals surface area contributed by atoms with E-state index in [1.807, 2.05) is 48.5 Å². The summed E-state index contributed by atoms with van der Waals surface area (Å²) in [5.74, 6) is -0.469. The number of benzene rings is 2. The van der Waals surface area contributed by atoms with Crippen LogP contribution in [0.15, 0.2) is 54.6 Å². The number of amides is 2. The summed E-state index contributed by atoms with van der Waals surface area (Å²) in [6, 6.07) is 17.1. The van der Waals surface area contributed by atoms with Gasteiger partial charge in [-0.3, -0.25) is 9.59 Å². The number of nitrogens with one attached hydrogen (secondary N) is 2. The normalized spacial score (nSPS) is 15.2. The molecule has 32 heavy (non-hydrogen) atoms. The lowest BCUT2D eigenvalue weighted by Gasteiger charge is -2.22. The largest absolute Gasteiger partial charge is 0.371 e. The highest BCUT2D eigenvalue weighted by Crippen LogP contribution is 2.23. The van der Waals surface area contributed by atoms with E-state index in [0.717, 1.165) is 42.9 Å². The maximum Gasteiger partial charge on any atom is 0.249 e. The second kappa shape index (κ2) is 12.2. The fourth-order valence-corrected chi connectivity index (χ4v) is 3.82. The van der Waals surface area contributed by atoms with Crippen LogP contribution in [0.25, 0.3) is 0 Å². The number of carbonyl (C=O) groups is 2. The molecular formula is C26H35N3O3. The maximum atomic E-state index is 13.0. The van der Waals surface area contributed by atoms with E-state index >= 15 is 0 Å². The van der Waals surface area contributed by atoms with Crippen molar-refractivity contribution in [2.45, 2.75) is 64.7 Å². The fraction of sp³-hybridized carbons (Fsp3) is 0.462. The van der Waals surface area contributed by atoms with E-state index in [-0.39, 0.29) is 11.8 Å². The molecule has 2 aromatic rings. The zero-order chi connectivity index (χ0) is 22.8. The second-order valence-corrected chi connectivity index (χ2v) is 8.38. The molecule has 1 heterocycles. The van der Waals surface area contributed by atoms with Crippen molar-refractivity contribution in [3.63, 3.8) is 0 Å². The van der Waals surface area contributed by atoms with Crippen molar-refractivity contribution in [1.29, 1.82) is 0 Å². The maximum absolute atomic E-state index is 13.0. The molecule has 0 aromatic heterocycles. The third kappa shape index (κ3) is 7.09. The number of anilines is 2. The number of carbonyl (C=O) groups excluding carboxylic acids is 2. The molecule has 172 valence electrons. The molecule has 2 N–H and O–H groups in total. The Labute approximate surface area is 191 Å². The van der Waals surface area contributed by atoms with Gasteiger partial charge < -0.3 is 20.3 Å². The SMILES string of the molecule is CCCCC(NC(=O)C(C)OCc1ccccc1)C(=O)Nc1cccc(N2CCCC2)c1. The molecule has 0 saturated carbocycles. The Morgan fingerprint density at radius 2 is 1.78 bits per heavy atom. The first kappa shape index (κ1) is 23.8. The van der Waals surface area contributed by atoms with Crippen molar-refractivity contribution in [2.24, 2.45) is 0 Å². The fourth-order valence-electron chi connectivity index (χ4n) is 3.82. The summed E-state index contributed by atoms with van der Waals surface area (Å²) in [4.78, 5) is 28.0. The Kier molecular flexibility index (Phi) is 9.11. The summed E-state index contributed by atoms with van der Waals surface area (Å²) < 4.78 is 5.72. The van der Waals surface area contributed by atoms with Crippen molar-refractivity contribution in [2.75, 3.05) is 23.3 Å². The molecule has 0 bridgehead atoms. The van der Waals surface area contributed by atoms with Crippen LogP contribution in [0.2, 0.25) is 0 Å². The third-order valence-corrected chi connectivity index (χ3v) is 5.78. The van der Waals surface area contributed by atoms with Crippen molar-refractivity contribution in [3.8, 4) is 0 Å². The first-order chi connectivity index (χ1) is 15.6. The van der Waals surface area contributed by atoms with E-state index in [0.29, 0.717) is 13.0 Å². The van der Waals surface area contributed by atoms with Gasteiger partial charge in [-0.1, -0.05) is 56.2 Å². The number of hydrogen-bond donors (Lipinski definition) is 2. The molecule has 6 nitrogen and oxygen atoms in total. The minimum atomic E-state index is -0.648. The number of unbranched alkanes of at least 4 members (excludes halogenated alkanes) is 1. The molecule has 0 spiro atoms. The molecule has 0 radical (unpaired) electrons. The van der Waals surface area contributed by atoms with Crippen LogP contribution in [-0.4, -0.2) is 37.0 Å². The van der Waals surface area contributed by atoms with E-state index in [1.54, 1.807) is 6.92 Å². The van der Waals surface area contributed by atoms with Crippen LogP contribution < -0.4 is 15.5 Å². The quantitative estimate of drug-likeness (QED) is 0.543. The average Bonchev–Trinajstić information content (AvgIpc) is 3.36. The van der Waals surface area contributed by atoms with Crippen LogP contribution in [0.3, 0.4) is 0 Å². The Hall–Kier alpha value is -2.86. The number of hydrogen-bond acceptors (Lipinski definition) is 4. The zero-order valence-corrected chi connectivity index (χ0v) is 19.2. The van der Waals surface area contributed by atoms with Gasteiger partial charge in [0.05, 0.1) is 6.61 Å². The topological polar surface area (TPSA) is 70.7 Å². The Morgan fingerprint density at radius 3 is 2.50 bits per heavy atom. The minimum absolute atomic E-state index is 0.194. The minimum Gasteiger partial charge on any atom is -0.371 e. The molecule has 1 aliphatic heterocycles. The molecule has 2 amide bonds. The van der Waals surface area contributed by atoms with E-state index in [1.165, 1.54) is 12.8 Å². The lowest BCUT2D eigenvalue weighted by molar-refractivity contribution is -0.135. The first-order valence-electron chi connectivity index (χ1n) is 11.7. The standard InChI is InChI=1S/C26H35N3O3/c1-3-4-15-24(28-25(30)20(2)32-19-21-11-6-5-7-12-21)26(31)27-22-13-10-14-23(18-22)29-16-8-9-17-29/h5-7,10-14,18,20,24H,3-4,8-9,15-17,19H2,1-2H3,(H,27,31)(H,28,30). The summed E-state index contributed by atoms with van der Waals surface area (Å²) >= 11 is 0. The van der Waals surface area contributed by atoms with Gasteiger partial charge in [-0.2, -0.15) is 0 Å². The molecule has 2 atom stereocenters. The van der Waals surface area contributed by atoms with Crippen molar-refractivity contribution < 1.29 is 14.3 Å². The molecule has 3 rings (SSSR count). The van der Waals surface area contributed by atoms with Crippen LogP contribution in [0.5, 0.6) is 0 Å². The van der Waals surface area contributed by atoms with Gasteiger partial charge in [0.25, 0.3) is 0 Å². The summed E-state index contributed by atoms with van der Waals surface area (Å²) in [5, 5.41) is 5.89. The van der Waals surface area contributed by atoms with Gasteiger partial charge >= 0.3 is 0 Å². The smallest absolute Gasteiger partial charge is 0.249 e. The van der Waals surface area contributed by atoms with Gasteiger partial charge in [0.15, 0.2) is 0 Å². The van der Waals surface area contributed by atoms with Crippen LogP contribution >= 0.6 is 0 Å². The van der Waals surface area contributed by atoms with Gasteiger partial charge in [-0.05, 0) is 49.9 Å². The van der Waals surface area contributed by atoms with Gasteiger partial charge in [0, 0.05) is 24.5 Å². The van der Waals surface area contributed by atoms with Crippen molar-refractivity contribution in [3.05, 3.63) is 60.2 Å². The van der Waals surface area contributed by atoms with Crippen LogP contribution in [0.4, 0.5) is 11.4 Å². The van der Waals surface area contributed by atoms with E-state index in [4.69, 9.17) is 4.74 Å². The van der Waals surface area contributed by atoms with Crippen molar-refractivity contribution >= 4 is 23.2 Å². The number of rotatable bonds is 11. The summed E-state index contributed by atoms with van der Waals surface area (Å²) in [6.45, 7) is 6.24. The highest BCUT2D eigenvalue weighted by atomic mass is 16.5. The highest BCUT2D eigenvalue weighted by molar-refractivity contribution is 5.98.